The molecule has 0 spiro atoms. The van der Waals surface area contributed by atoms with Gasteiger partial charge in [-0.25, -0.2) is 0 Å². The van der Waals surface area contributed by atoms with Crippen LogP contribution >= 0.6 is 0 Å². The lowest BCUT2D eigenvalue weighted by molar-refractivity contribution is 0.184. The summed E-state index contributed by atoms with van der Waals surface area (Å²) >= 11 is 0. The molecule has 2 rings (SSSR count). The van der Waals surface area contributed by atoms with Crippen LogP contribution in [0.4, 0.5) is 0 Å². The fourth-order valence-corrected chi connectivity index (χ4v) is 2.13. The standard InChI is InChI=1S/C18H23NO2/c1-3-10-19-13-15-6-4-8-17(11-15)21-18-9-5-7-16(12-18)14-20-2/h4-9,11-12,19H,3,10,13-14H2,1-2H3. The van der Waals surface area contributed by atoms with E-state index in [4.69, 9.17) is 9.47 Å². The molecule has 112 valence electrons. The average molecular weight is 285 g/mol. The Morgan fingerprint density at radius 1 is 0.952 bits per heavy atom. The molecule has 1 N–H and O–H groups in total. The van der Waals surface area contributed by atoms with Crippen molar-refractivity contribution in [2.24, 2.45) is 0 Å². The molecule has 3 nitrogen and oxygen atoms in total. The Bertz CT molecular complexity index is 554. The lowest BCUT2D eigenvalue weighted by atomic mass is 10.2. The topological polar surface area (TPSA) is 30.5 Å². The SMILES string of the molecule is CCCNCc1cccc(Oc2cccc(COC)c2)c1. The van der Waals surface area contributed by atoms with Crippen LogP contribution in [0.15, 0.2) is 48.5 Å². The van der Waals surface area contributed by atoms with E-state index in [0.717, 1.165) is 36.6 Å². The van der Waals surface area contributed by atoms with Gasteiger partial charge in [0.15, 0.2) is 0 Å². The van der Waals surface area contributed by atoms with E-state index < -0.39 is 0 Å². The summed E-state index contributed by atoms with van der Waals surface area (Å²) in [6.45, 7) is 4.66. The van der Waals surface area contributed by atoms with Crippen molar-refractivity contribution in [2.75, 3.05) is 13.7 Å². The summed E-state index contributed by atoms with van der Waals surface area (Å²) in [5, 5.41) is 3.40. The summed E-state index contributed by atoms with van der Waals surface area (Å²) in [7, 11) is 1.69. The first-order chi connectivity index (χ1) is 10.3. The van der Waals surface area contributed by atoms with Crippen molar-refractivity contribution in [2.45, 2.75) is 26.5 Å². The summed E-state index contributed by atoms with van der Waals surface area (Å²) in [5.74, 6) is 1.70. The Morgan fingerprint density at radius 2 is 1.62 bits per heavy atom. The molecule has 0 heterocycles. The summed E-state index contributed by atoms with van der Waals surface area (Å²) < 4.78 is 11.1. The van der Waals surface area contributed by atoms with Crippen molar-refractivity contribution in [3.05, 3.63) is 59.7 Å². The van der Waals surface area contributed by atoms with E-state index in [1.807, 2.05) is 36.4 Å². The number of rotatable bonds is 8. The lowest BCUT2D eigenvalue weighted by Crippen LogP contribution is -2.13. The largest absolute Gasteiger partial charge is 0.457 e. The maximum absolute atomic E-state index is 5.93. The monoisotopic (exact) mass is 285 g/mol. The Kier molecular flexibility index (Phi) is 6.25. The van der Waals surface area contributed by atoms with Crippen LogP contribution in [-0.2, 0) is 17.9 Å². The van der Waals surface area contributed by atoms with Crippen LogP contribution in [0, 0.1) is 0 Å². The predicted octanol–water partition coefficient (Wildman–Crippen LogP) is 4.12. The molecule has 0 radical (unpaired) electrons. The fraction of sp³-hybridized carbons (Fsp3) is 0.333. The highest BCUT2D eigenvalue weighted by atomic mass is 16.5. The smallest absolute Gasteiger partial charge is 0.127 e. The summed E-state index contributed by atoms with van der Waals surface area (Å²) in [6.07, 6.45) is 1.14. The third-order valence-corrected chi connectivity index (χ3v) is 3.10. The molecule has 0 saturated carbocycles. The first-order valence-electron chi connectivity index (χ1n) is 7.37. The van der Waals surface area contributed by atoms with Gasteiger partial charge in [0, 0.05) is 13.7 Å². The molecule has 0 unspecified atom stereocenters. The van der Waals surface area contributed by atoms with Crippen LogP contribution in [0.25, 0.3) is 0 Å². The Labute approximate surface area is 126 Å². The van der Waals surface area contributed by atoms with Gasteiger partial charge in [0.25, 0.3) is 0 Å². The number of benzene rings is 2. The van der Waals surface area contributed by atoms with Gasteiger partial charge in [0.2, 0.25) is 0 Å². The second-order valence-electron chi connectivity index (χ2n) is 5.01. The average Bonchev–Trinajstić information content (AvgIpc) is 2.49. The molecule has 0 aliphatic heterocycles. The van der Waals surface area contributed by atoms with E-state index in [2.05, 4.69) is 24.4 Å². The minimum atomic E-state index is 0.595. The normalized spacial score (nSPS) is 10.6. The zero-order valence-corrected chi connectivity index (χ0v) is 12.8. The van der Waals surface area contributed by atoms with E-state index in [-0.39, 0.29) is 0 Å². The molecule has 0 aliphatic rings. The van der Waals surface area contributed by atoms with Crippen molar-refractivity contribution in [1.82, 2.24) is 5.32 Å². The first-order valence-corrected chi connectivity index (χ1v) is 7.37. The van der Waals surface area contributed by atoms with Gasteiger partial charge in [-0.2, -0.15) is 0 Å². The third kappa shape index (κ3) is 5.21. The molecule has 0 amide bonds. The molecule has 0 bridgehead atoms. The van der Waals surface area contributed by atoms with Gasteiger partial charge < -0.3 is 14.8 Å². The number of ether oxygens (including phenoxy) is 2. The Morgan fingerprint density at radius 3 is 2.29 bits per heavy atom. The maximum atomic E-state index is 5.93. The zero-order valence-electron chi connectivity index (χ0n) is 12.8. The Hall–Kier alpha value is -1.84. The van der Waals surface area contributed by atoms with Crippen molar-refractivity contribution in [3.63, 3.8) is 0 Å². The summed E-state index contributed by atoms with van der Waals surface area (Å²) in [6, 6.07) is 16.2. The highest BCUT2D eigenvalue weighted by molar-refractivity contribution is 5.35. The predicted molar refractivity (Wildman–Crippen MR) is 85.7 cm³/mol. The molecular weight excluding hydrogens is 262 g/mol. The number of methoxy groups -OCH3 is 1. The van der Waals surface area contributed by atoms with Gasteiger partial charge in [-0.05, 0) is 48.4 Å². The molecule has 0 atom stereocenters. The van der Waals surface area contributed by atoms with E-state index in [0.29, 0.717) is 6.61 Å². The molecule has 21 heavy (non-hydrogen) atoms. The fourth-order valence-electron chi connectivity index (χ4n) is 2.13. The van der Waals surface area contributed by atoms with Crippen LogP contribution in [0.3, 0.4) is 0 Å². The highest BCUT2D eigenvalue weighted by Gasteiger charge is 2.01. The number of nitrogens with one attached hydrogen (secondary N) is 1. The van der Waals surface area contributed by atoms with Gasteiger partial charge >= 0.3 is 0 Å². The van der Waals surface area contributed by atoms with Crippen LogP contribution in [0.2, 0.25) is 0 Å². The van der Waals surface area contributed by atoms with E-state index in [9.17, 15) is 0 Å². The van der Waals surface area contributed by atoms with Gasteiger partial charge in [0.05, 0.1) is 6.61 Å². The van der Waals surface area contributed by atoms with Crippen LogP contribution in [0.1, 0.15) is 24.5 Å². The van der Waals surface area contributed by atoms with Crippen LogP contribution in [-0.4, -0.2) is 13.7 Å². The molecule has 3 heteroatoms. The quantitative estimate of drug-likeness (QED) is 0.740. The van der Waals surface area contributed by atoms with Crippen molar-refractivity contribution < 1.29 is 9.47 Å². The van der Waals surface area contributed by atoms with Crippen LogP contribution < -0.4 is 10.1 Å². The summed E-state index contributed by atoms with van der Waals surface area (Å²) in [4.78, 5) is 0. The minimum Gasteiger partial charge on any atom is -0.457 e. The zero-order chi connectivity index (χ0) is 14.9. The number of hydrogen-bond donors (Lipinski definition) is 1. The Balaban J connectivity index is 2.01. The van der Waals surface area contributed by atoms with E-state index in [1.54, 1.807) is 7.11 Å². The van der Waals surface area contributed by atoms with Gasteiger partial charge in [-0.1, -0.05) is 31.2 Å². The van der Waals surface area contributed by atoms with Crippen LogP contribution in [0.5, 0.6) is 11.5 Å². The van der Waals surface area contributed by atoms with E-state index in [1.165, 1.54) is 5.56 Å². The minimum absolute atomic E-state index is 0.595. The van der Waals surface area contributed by atoms with Crippen molar-refractivity contribution in [3.8, 4) is 11.5 Å². The lowest BCUT2D eigenvalue weighted by Gasteiger charge is -2.09. The molecule has 0 aliphatic carbocycles. The molecule has 2 aromatic carbocycles. The maximum Gasteiger partial charge on any atom is 0.127 e. The first kappa shape index (κ1) is 15.5. The second kappa shape index (κ2) is 8.45. The van der Waals surface area contributed by atoms with Gasteiger partial charge in [-0.15, -0.1) is 0 Å². The summed E-state index contributed by atoms with van der Waals surface area (Å²) in [5.41, 5.74) is 2.34. The van der Waals surface area contributed by atoms with E-state index >= 15 is 0 Å². The molecule has 0 saturated heterocycles. The molecule has 2 aromatic rings. The molecular formula is C18H23NO2. The van der Waals surface area contributed by atoms with Crippen molar-refractivity contribution in [1.29, 1.82) is 0 Å². The molecule has 0 fully saturated rings. The molecule has 0 aromatic heterocycles. The third-order valence-electron chi connectivity index (χ3n) is 3.10. The van der Waals surface area contributed by atoms with Crippen molar-refractivity contribution >= 4 is 0 Å². The van der Waals surface area contributed by atoms with Gasteiger partial charge in [-0.3, -0.25) is 0 Å². The number of hydrogen-bond acceptors (Lipinski definition) is 3. The van der Waals surface area contributed by atoms with Gasteiger partial charge in [0.1, 0.15) is 11.5 Å². The second-order valence-corrected chi connectivity index (χ2v) is 5.01. The highest BCUT2D eigenvalue weighted by Crippen LogP contribution is 2.23.